The summed E-state index contributed by atoms with van der Waals surface area (Å²) in [5, 5.41) is 15.0. The maximum absolute atomic E-state index is 11.8. The highest BCUT2D eigenvalue weighted by molar-refractivity contribution is 5.96. The van der Waals surface area contributed by atoms with E-state index in [1.807, 2.05) is 31.3 Å². The first-order valence-corrected chi connectivity index (χ1v) is 10.6. The molecule has 1 amide bonds. The number of likely N-dealkylation sites (N-methyl/N-ethyl adjacent to an activating group) is 1. The van der Waals surface area contributed by atoms with Crippen LogP contribution < -0.4 is 9.47 Å². The Hall–Kier alpha value is -3.92. The molecule has 0 atom stereocenters. The predicted octanol–water partition coefficient (Wildman–Crippen LogP) is 2.62. The van der Waals surface area contributed by atoms with E-state index in [0.717, 1.165) is 37.3 Å². The first-order valence-electron chi connectivity index (χ1n) is 10.6. The fourth-order valence-electron chi connectivity index (χ4n) is 3.54. The lowest BCUT2D eigenvalue weighted by molar-refractivity contribution is -0.134. The second-order valence-electron chi connectivity index (χ2n) is 7.70. The van der Waals surface area contributed by atoms with Crippen LogP contribution in [0.5, 0.6) is 17.4 Å². The van der Waals surface area contributed by atoms with Crippen LogP contribution >= 0.6 is 0 Å². The van der Waals surface area contributed by atoms with Crippen LogP contribution in [0.3, 0.4) is 0 Å². The minimum atomic E-state index is -0.150. The molecule has 0 unspecified atom stereocenters. The van der Waals surface area contributed by atoms with E-state index < -0.39 is 0 Å². The van der Waals surface area contributed by atoms with Crippen LogP contribution in [0.2, 0.25) is 0 Å². The highest BCUT2D eigenvalue weighted by atomic mass is 16.5. The van der Waals surface area contributed by atoms with E-state index in [1.165, 1.54) is 0 Å². The number of nitrogens with one attached hydrogen (secondary N) is 2. The van der Waals surface area contributed by atoms with Gasteiger partial charge in [0.05, 0.1) is 24.9 Å². The fraction of sp³-hybridized carbons (Fsp3) is 0.304. The zero-order chi connectivity index (χ0) is 23.2. The molecule has 3 heterocycles. The number of imidazole rings is 1. The normalized spacial score (nSPS) is 14.3. The van der Waals surface area contributed by atoms with E-state index in [1.54, 1.807) is 34.0 Å². The van der Waals surface area contributed by atoms with Crippen molar-refractivity contribution in [3.63, 3.8) is 0 Å². The Morgan fingerprint density at radius 1 is 1.18 bits per heavy atom. The average molecular weight is 450 g/mol. The van der Waals surface area contributed by atoms with Gasteiger partial charge in [0.25, 0.3) is 0 Å². The largest absolute Gasteiger partial charge is 0.494 e. The molecular formula is C23H26N6O4. The predicted molar refractivity (Wildman–Crippen MR) is 123 cm³/mol. The number of carbonyl (C=O) groups excluding carboxylic acids is 1. The van der Waals surface area contributed by atoms with Crippen LogP contribution in [0.4, 0.5) is 0 Å². The zero-order valence-electron chi connectivity index (χ0n) is 18.4. The highest BCUT2D eigenvalue weighted by Crippen LogP contribution is 2.26. The third-order valence-corrected chi connectivity index (χ3v) is 5.40. The maximum atomic E-state index is 11.8. The van der Waals surface area contributed by atoms with E-state index in [9.17, 15) is 4.79 Å². The second kappa shape index (κ2) is 10.1. The third-order valence-electron chi connectivity index (χ3n) is 5.40. The summed E-state index contributed by atoms with van der Waals surface area (Å²) in [7, 11) is 1.84. The third kappa shape index (κ3) is 5.47. The number of amides is 1. The van der Waals surface area contributed by atoms with Gasteiger partial charge in [0.15, 0.2) is 6.40 Å². The smallest absolute Gasteiger partial charge is 0.236 e. The number of hydrogen-bond donors (Lipinski definition) is 2. The molecule has 172 valence electrons. The quantitative estimate of drug-likeness (QED) is 0.294. The molecule has 0 radical (unpaired) electrons. The van der Waals surface area contributed by atoms with E-state index in [4.69, 9.17) is 25.0 Å². The van der Waals surface area contributed by atoms with Gasteiger partial charge in [-0.2, -0.15) is 0 Å². The van der Waals surface area contributed by atoms with E-state index >= 15 is 0 Å². The zero-order valence-corrected chi connectivity index (χ0v) is 18.4. The first-order chi connectivity index (χ1) is 16.0. The summed E-state index contributed by atoms with van der Waals surface area (Å²) in [5.41, 5.74) is 1.21. The van der Waals surface area contributed by atoms with Gasteiger partial charge in [-0.1, -0.05) is 0 Å². The maximum Gasteiger partial charge on any atom is 0.236 e. The molecule has 1 aliphatic rings. The van der Waals surface area contributed by atoms with E-state index in [-0.39, 0.29) is 11.8 Å². The Kier molecular flexibility index (Phi) is 6.84. The lowest BCUT2D eigenvalue weighted by atomic mass is 10.2. The van der Waals surface area contributed by atoms with Gasteiger partial charge in [-0.3, -0.25) is 24.9 Å². The molecule has 2 N–H and O–H groups in total. The molecule has 10 nitrogen and oxygen atoms in total. The SMILES string of the molecule is CN1CCN(CCCOc2ccc(Oc3cc(C(=N)OC=N)cc4cncn34)cc2)CC1=O. The molecule has 1 aromatic carbocycles. The van der Waals surface area contributed by atoms with Crippen molar-refractivity contribution in [2.45, 2.75) is 6.42 Å². The second-order valence-corrected chi connectivity index (χ2v) is 7.70. The molecule has 3 aromatic rings. The first kappa shape index (κ1) is 22.3. The molecule has 0 aliphatic carbocycles. The highest BCUT2D eigenvalue weighted by Gasteiger charge is 2.20. The van der Waals surface area contributed by atoms with Gasteiger partial charge in [-0.25, -0.2) is 4.98 Å². The molecule has 0 bridgehead atoms. The van der Waals surface area contributed by atoms with Gasteiger partial charge >= 0.3 is 0 Å². The lowest BCUT2D eigenvalue weighted by Crippen LogP contribution is -2.48. The summed E-state index contributed by atoms with van der Waals surface area (Å²) < 4.78 is 18.5. The van der Waals surface area contributed by atoms with Gasteiger partial charge in [-0.05, 0) is 36.8 Å². The summed E-state index contributed by atoms with van der Waals surface area (Å²) in [6, 6.07) is 10.7. The number of fused-ring (bicyclic) bond motifs is 1. The number of hydrogen-bond acceptors (Lipinski definition) is 8. The molecular weight excluding hydrogens is 424 g/mol. The molecule has 1 aliphatic heterocycles. The van der Waals surface area contributed by atoms with Crippen molar-refractivity contribution in [2.24, 2.45) is 0 Å². The molecule has 10 heteroatoms. The van der Waals surface area contributed by atoms with Gasteiger partial charge < -0.3 is 19.1 Å². The number of ether oxygens (including phenoxy) is 3. The number of aromatic nitrogens is 2. The van der Waals surface area contributed by atoms with Crippen molar-refractivity contribution >= 4 is 23.7 Å². The minimum absolute atomic E-state index is 0.150. The van der Waals surface area contributed by atoms with Crippen LogP contribution in [-0.2, 0) is 9.53 Å². The summed E-state index contributed by atoms with van der Waals surface area (Å²) in [6.45, 7) is 3.53. The van der Waals surface area contributed by atoms with Gasteiger partial charge in [0.2, 0.25) is 17.7 Å². The molecule has 2 aromatic heterocycles. The molecule has 1 fully saturated rings. The number of piperazine rings is 1. The number of carbonyl (C=O) groups is 1. The van der Waals surface area contributed by atoms with Crippen LogP contribution in [0.15, 0.2) is 48.9 Å². The number of pyridine rings is 1. The Morgan fingerprint density at radius 3 is 2.73 bits per heavy atom. The molecule has 0 spiro atoms. The van der Waals surface area contributed by atoms with E-state index in [2.05, 4.69) is 9.88 Å². The summed E-state index contributed by atoms with van der Waals surface area (Å²) in [6.07, 6.45) is 4.83. The summed E-state index contributed by atoms with van der Waals surface area (Å²) >= 11 is 0. The Morgan fingerprint density at radius 2 is 1.97 bits per heavy atom. The van der Waals surface area contributed by atoms with Crippen molar-refractivity contribution in [3.8, 4) is 17.4 Å². The number of benzene rings is 1. The van der Waals surface area contributed by atoms with Gasteiger partial charge in [0, 0.05) is 38.3 Å². The average Bonchev–Trinajstić information content (AvgIpc) is 3.29. The number of rotatable bonds is 9. The topological polar surface area (TPSA) is 116 Å². The van der Waals surface area contributed by atoms with Crippen LogP contribution in [0.25, 0.3) is 5.52 Å². The number of nitrogens with zero attached hydrogens (tertiary/aromatic N) is 4. The van der Waals surface area contributed by atoms with Crippen molar-refractivity contribution in [1.29, 1.82) is 10.8 Å². The molecule has 4 rings (SSSR count). The molecule has 0 saturated carbocycles. The summed E-state index contributed by atoms with van der Waals surface area (Å²) in [4.78, 5) is 19.8. The summed E-state index contributed by atoms with van der Waals surface area (Å²) in [5.74, 6) is 1.82. The van der Waals surface area contributed by atoms with Gasteiger partial charge in [-0.15, -0.1) is 0 Å². The van der Waals surface area contributed by atoms with Crippen LogP contribution in [0.1, 0.15) is 12.0 Å². The van der Waals surface area contributed by atoms with Crippen molar-refractivity contribution < 1.29 is 19.0 Å². The Balaban J connectivity index is 1.33. The van der Waals surface area contributed by atoms with Gasteiger partial charge in [0.1, 0.15) is 17.8 Å². The lowest BCUT2D eigenvalue weighted by Gasteiger charge is -2.31. The standard InChI is InChI=1S/C23H26N6O4/c1-27-8-9-28(14-21(27)30)7-2-10-31-19-3-5-20(6-4-19)33-22-12-17(23(25)32-15-24)11-18-13-26-16-29(18)22/h3-6,11-13,15-16,24-25H,2,7-10,14H2,1H3. The molecule has 33 heavy (non-hydrogen) atoms. The fourth-order valence-corrected chi connectivity index (χ4v) is 3.54. The van der Waals surface area contributed by atoms with Crippen molar-refractivity contribution in [1.82, 2.24) is 19.2 Å². The van der Waals surface area contributed by atoms with Crippen LogP contribution in [-0.4, -0.2) is 77.2 Å². The van der Waals surface area contributed by atoms with Crippen LogP contribution in [0, 0.1) is 10.8 Å². The minimum Gasteiger partial charge on any atom is -0.494 e. The van der Waals surface area contributed by atoms with Crippen molar-refractivity contribution in [2.75, 3.05) is 39.8 Å². The van der Waals surface area contributed by atoms with E-state index in [0.29, 0.717) is 36.7 Å². The Bertz CT molecular complexity index is 1140. The molecule has 1 saturated heterocycles. The monoisotopic (exact) mass is 450 g/mol. The Labute approximate surface area is 191 Å². The van der Waals surface area contributed by atoms with Crippen molar-refractivity contribution in [3.05, 3.63) is 54.5 Å².